The minimum Gasteiger partial charge on any atom is -0.363 e. The molecule has 0 aromatic heterocycles. The number of nitrogens with one attached hydrogen (secondary N) is 1. The molecule has 0 atom stereocenters. The van der Waals surface area contributed by atoms with E-state index in [-0.39, 0.29) is 11.3 Å². The number of rotatable bonds is 3. The number of carbonyl (C=O) groups excluding carboxylic acids is 1. The molecule has 1 heterocycles. The Bertz CT molecular complexity index is 543. The lowest BCUT2D eigenvalue weighted by molar-refractivity contribution is -0.127. The van der Waals surface area contributed by atoms with Gasteiger partial charge in [-0.15, -0.1) is 0 Å². The fraction of sp³-hybridized carbons (Fsp3) is 0.684. The van der Waals surface area contributed by atoms with E-state index in [1.54, 1.807) is 6.08 Å². The molecule has 0 unspecified atom stereocenters. The molecular formula is C19H31N3OS. The molecule has 0 aromatic rings. The van der Waals surface area contributed by atoms with Crippen molar-refractivity contribution in [3.63, 3.8) is 0 Å². The Morgan fingerprint density at radius 3 is 2.46 bits per heavy atom. The Morgan fingerprint density at radius 1 is 1.25 bits per heavy atom. The van der Waals surface area contributed by atoms with Gasteiger partial charge in [-0.05, 0) is 56.3 Å². The van der Waals surface area contributed by atoms with Gasteiger partial charge < -0.3 is 15.1 Å². The first-order valence-corrected chi connectivity index (χ1v) is 9.46. The fourth-order valence-corrected chi connectivity index (χ4v) is 3.99. The Kier molecular flexibility index (Phi) is 6.44. The van der Waals surface area contributed by atoms with Crippen LogP contribution >= 0.6 is 12.2 Å². The van der Waals surface area contributed by atoms with Gasteiger partial charge in [0.15, 0.2) is 5.11 Å². The molecule has 1 N–H and O–H groups in total. The maximum atomic E-state index is 12.5. The highest BCUT2D eigenvalue weighted by atomic mass is 32.1. The molecule has 0 aromatic carbocycles. The molecule has 2 rings (SSSR count). The van der Waals surface area contributed by atoms with E-state index in [1.807, 2.05) is 11.8 Å². The predicted molar refractivity (Wildman–Crippen MR) is 104 cm³/mol. The van der Waals surface area contributed by atoms with Crippen molar-refractivity contribution in [2.75, 3.05) is 32.7 Å². The van der Waals surface area contributed by atoms with Crippen molar-refractivity contribution in [3.05, 3.63) is 23.3 Å². The second-order valence-corrected chi connectivity index (χ2v) is 7.80. The van der Waals surface area contributed by atoms with Gasteiger partial charge in [0.1, 0.15) is 0 Å². The molecule has 0 spiro atoms. The summed E-state index contributed by atoms with van der Waals surface area (Å²) in [7, 11) is 0. The Labute approximate surface area is 152 Å². The van der Waals surface area contributed by atoms with Crippen LogP contribution in [-0.4, -0.2) is 53.5 Å². The molecular weight excluding hydrogens is 318 g/mol. The van der Waals surface area contributed by atoms with E-state index >= 15 is 0 Å². The third-order valence-corrected chi connectivity index (χ3v) is 5.54. The van der Waals surface area contributed by atoms with E-state index in [2.05, 4.69) is 37.1 Å². The summed E-state index contributed by atoms with van der Waals surface area (Å²) < 4.78 is 0. The summed E-state index contributed by atoms with van der Waals surface area (Å²) >= 11 is 5.34. The summed E-state index contributed by atoms with van der Waals surface area (Å²) in [6, 6.07) is 0. The minimum absolute atomic E-state index is 0.116. The molecule has 1 aliphatic heterocycles. The third kappa shape index (κ3) is 4.59. The predicted octanol–water partition coefficient (Wildman–Crippen LogP) is 3.11. The number of carbonyl (C=O) groups is 1. The lowest BCUT2D eigenvalue weighted by Gasteiger charge is -2.36. The molecule has 1 amide bonds. The molecule has 0 saturated carbocycles. The summed E-state index contributed by atoms with van der Waals surface area (Å²) in [4.78, 5) is 16.6. The second kappa shape index (κ2) is 8.15. The van der Waals surface area contributed by atoms with E-state index in [1.165, 1.54) is 24.0 Å². The number of amides is 1. The van der Waals surface area contributed by atoms with Gasteiger partial charge in [0.25, 0.3) is 0 Å². The van der Waals surface area contributed by atoms with Gasteiger partial charge in [0, 0.05) is 38.8 Å². The molecule has 134 valence electrons. The van der Waals surface area contributed by atoms with E-state index in [4.69, 9.17) is 12.2 Å². The van der Waals surface area contributed by atoms with Crippen molar-refractivity contribution < 1.29 is 4.79 Å². The van der Waals surface area contributed by atoms with Gasteiger partial charge in [0.2, 0.25) is 5.91 Å². The molecule has 1 fully saturated rings. The van der Waals surface area contributed by atoms with Crippen LogP contribution in [-0.2, 0) is 4.79 Å². The van der Waals surface area contributed by atoms with Crippen LogP contribution in [0.25, 0.3) is 0 Å². The largest absolute Gasteiger partial charge is 0.363 e. The molecule has 4 nitrogen and oxygen atoms in total. The molecule has 1 aliphatic carbocycles. The van der Waals surface area contributed by atoms with Gasteiger partial charge in [-0.3, -0.25) is 4.79 Å². The van der Waals surface area contributed by atoms with Crippen LogP contribution in [0.5, 0.6) is 0 Å². The average molecular weight is 350 g/mol. The number of nitrogens with zero attached hydrogens (tertiary/aromatic N) is 2. The Hall–Kier alpha value is -1.36. The minimum atomic E-state index is 0.116. The maximum Gasteiger partial charge on any atom is 0.246 e. The Morgan fingerprint density at radius 2 is 1.88 bits per heavy atom. The Balaban J connectivity index is 1.93. The zero-order valence-corrected chi connectivity index (χ0v) is 16.3. The zero-order valence-electron chi connectivity index (χ0n) is 15.5. The second-order valence-electron chi connectivity index (χ2n) is 7.41. The summed E-state index contributed by atoms with van der Waals surface area (Å²) in [6.45, 7) is 12.7. The van der Waals surface area contributed by atoms with Crippen LogP contribution in [0.3, 0.4) is 0 Å². The first kappa shape index (κ1) is 19.0. The highest BCUT2D eigenvalue weighted by molar-refractivity contribution is 7.80. The summed E-state index contributed by atoms with van der Waals surface area (Å²) in [5.74, 6) is 0.116. The van der Waals surface area contributed by atoms with E-state index < -0.39 is 0 Å². The van der Waals surface area contributed by atoms with Crippen molar-refractivity contribution in [2.24, 2.45) is 5.41 Å². The molecule has 5 heteroatoms. The van der Waals surface area contributed by atoms with Crippen LogP contribution in [0.2, 0.25) is 0 Å². The number of allylic oxidation sites excluding steroid dienone is 3. The number of thiocarbonyl (C=S) groups is 1. The van der Waals surface area contributed by atoms with E-state index in [0.717, 1.165) is 44.3 Å². The van der Waals surface area contributed by atoms with Crippen molar-refractivity contribution in [3.8, 4) is 0 Å². The van der Waals surface area contributed by atoms with Crippen LogP contribution in [0, 0.1) is 5.41 Å². The van der Waals surface area contributed by atoms with Crippen molar-refractivity contribution >= 4 is 23.2 Å². The first-order valence-electron chi connectivity index (χ1n) is 9.05. The smallest absolute Gasteiger partial charge is 0.246 e. The molecule has 2 aliphatic rings. The fourth-order valence-electron chi connectivity index (χ4n) is 3.66. The van der Waals surface area contributed by atoms with Crippen molar-refractivity contribution in [1.82, 2.24) is 15.1 Å². The topological polar surface area (TPSA) is 35.6 Å². The molecule has 0 radical (unpaired) electrons. The van der Waals surface area contributed by atoms with Gasteiger partial charge in [-0.25, -0.2) is 0 Å². The van der Waals surface area contributed by atoms with Gasteiger partial charge in [-0.2, -0.15) is 0 Å². The number of hydrogen-bond acceptors (Lipinski definition) is 2. The zero-order chi connectivity index (χ0) is 17.7. The molecule has 1 saturated heterocycles. The highest BCUT2D eigenvalue weighted by Gasteiger charge is 2.27. The average Bonchev–Trinajstić information content (AvgIpc) is 2.54. The summed E-state index contributed by atoms with van der Waals surface area (Å²) in [5.41, 5.74) is 2.95. The molecule has 24 heavy (non-hydrogen) atoms. The van der Waals surface area contributed by atoms with Gasteiger partial charge in [0.05, 0.1) is 0 Å². The number of hydrogen-bond donors (Lipinski definition) is 1. The SMILES string of the molecule is CCNC(=S)N1CCN(C(=O)/C=C/C2=C(C)CCCC2(C)C)CC1. The van der Waals surface area contributed by atoms with Gasteiger partial charge in [-0.1, -0.05) is 25.5 Å². The lowest BCUT2D eigenvalue weighted by Crippen LogP contribution is -2.52. The normalized spacial score (nSPS) is 21.3. The number of piperazine rings is 1. The highest BCUT2D eigenvalue weighted by Crippen LogP contribution is 2.40. The quantitative estimate of drug-likeness (QED) is 0.627. The standard InChI is InChI=1S/C19H31N3OS/c1-5-20-18(24)22-13-11-21(12-14-22)17(23)9-8-16-15(2)7-6-10-19(16,3)4/h8-9H,5-7,10-14H2,1-4H3,(H,20,24)/b9-8+. The maximum absolute atomic E-state index is 12.5. The lowest BCUT2D eigenvalue weighted by atomic mass is 9.72. The molecule has 0 bridgehead atoms. The first-order chi connectivity index (χ1) is 11.3. The van der Waals surface area contributed by atoms with E-state index in [9.17, 15) is 4.79 Å². The third-order valence-electron chi connectivity index (χ3n) is 5.14. The van der Waals surface area contributed by atoms with Crippen LogP contribution in [0.15, 0.2) is 23.3 Å². The van der Waals surface area contributed by atoms with Crippen molar-refractivity contribution in [2.45, 2.75) is 47.0 Å². The van der Waals surface area contributed by atoms with Crippen LogP contribution in [0.1, 0.15) is 47.0 Å². The monoisotopic (exact) mass is 349 g/mol. The van der Waals surface area contributed by atoms with Gasteiger partial charge >= 0.3 is 0 Å². The van der Waals surface area contributed by atoms with Crippen LogP contribution < -0.4 is 5.32 Å². The van der Waals surface area contributed by atoms with E-state index in [0.29, 0.717) is 0 Å². The summed E-state index contributed by atoms with van der Waals surface area (Å²) in [6.07, 6.45) is 7.42. The van der Waals surface area contributed by atoms with Crippen LogP contribution in [0.4, 0.5) is 0 Å². The summed E-state index contributed by atoms with van der Waals surface area (Å²) in [5, 5.41) is 3.97. The van der Waals surface area contributed by atoms with Crippen molar-refractivity contribution in [1.29, 1.82) is 0 Å².